The van der Waals surface area contributed by atoms with Crippen molar-refractivity contribution in [2.24, 2.45) is 0 Å². The van der Waals surface area contributed by atoms with E-state index in [2.05, 4.69) is 0 Å². The van der Waals surface area contributed by atoms with Crippen molar-refractivity contribution >= 4 is 9.84 Å². The summed E-state index contributed by atoms with van der Waals surface area (Å²) in [4.78, 5) is 1.74. The second kappa shape index (κ2) is 4.01. The first-order valence-electron chi connectivity index (χ1n) is 4.92. The first-order valence-corrected chi connectivity index (χ1v) is 6.74. The number of hydrogen-bond donors (Lipinski definition) is 2. The van der Waals surface area contributed by atoms with Crippen LogP contribution in [0.15, 0.2) is 0 Å². The maximum absolute atomic E-state index is 11.3. The Morgan fingerprint density at radius 2 is 1.93 bits per heavy atom. The lowest BCUT2D eigenvalue weighted by Crippen LogP contribution is -2.53. The van der Waals surface area contributed by atoms with Gasteiger partial charge in [-0.3, -0.25) is 4.90 Å². The molecule has 0 aromatic rings. The zero-order valence-corrected chi connectivity index (χ0v) is 10.2. The topological polar surface area (TPSA) is 77.8 Å². The SMILES string of the molecule is CN(C1CS(=O)(=O)CC1O)C(C)(C)CO. The zero-order valence-electron chi connectivity index (χ0n) is 9.34. The molecule has 0 saturated carbocycles. The minimum atomic E-state index is -3.13. The van der Waals surface area contributed by atoms with Gasteiger partial charge in [0.2, 0.25) is 0 Å². The van der Waals surface area contributed by atoms with Crippen molar-refractivity contribution < 1.29 is 18.6 Å². The zero-order chi connectivity index (χ0) is 11.9. The molecule has 0 aromatic heterocycles. The molecule has 1 heterocycles. The van der Waals surface area contributed by atoms with Crippen LogP contribution in [0, 0.1) is 0 Å². The van der Waals surface area contributed by atoms with Crippen LogP contribution in [0.2, 0.25) is 0 Å². The van der Waals surface area contributed by atoms with E-state index >= 15 is 0 Å². The molecule has 1 saturated heterocycles. The van der Waals surface area contributed by atoms with Gasteiger partial charge < -0.3 is 10.2 Å². The van der Waals surface area contributed by atoms with Crippen molar-refractivity contribution in [3.63, 3.8) is 0 Å². The summed E-state index contributed by atoms with van der Waals surface area (Å²) < 4.78 is 22.6. The van der Waals surface area contributed by atoms with Crippen molar-refractivity contribution in [3.05, 3.63) is 0 Å². The number of aliphatic hydroxyl groups excluding tert-OH is 2. The second-order valence-corrected chi connectivity index (χ2v) is 6.95. The third-order valence-corrected chi connectivity index (χ3v) is 4.83. The van der Waals surface area contributed by atoms with Gasteiger partial charge in [-0.15, -0.1) is 0 Å². The van der Waals surface area contributed by atoms with Crippen LogP contribution < -0.4 is 0 Å². The first-order chi connectivity index (χ1) is 6.69. The van der Waals surface area contributed by atoms with E-state index in [1.54, 1.807) is 11.9 Å². The van der Waals surface area contributed by atoms with Gasteiger partial charge in [-0.2, -0.15) is 0 Å². The summed E-state index contributed by atoms with van der Waals surface area (Å²) in [7, 11) is -1.40. The van der Waals surface area contributed by atoms with Gasteiger partial charge >= 0.3 is 0 Å². The van der Waals surface area contributed by atoms with Gasteiger partial charge in [0.05, 0.1) is 30.3 Å². The second-order valence-electron chi connectivity index (χ2n) is 4.79. The molecule has 1 rings (SSSR count). The third kappa shape index (κ3) is 2.69. The van der Waals surface area contributed by atoms with E-state index in [-0.39, 0.29) is 18.1 Å². The van der Waals surface area contributed by atoms with E-state index in [1.165, 1.54) is 0 Å². The molecule has 6 heteroatoms. The number of hydrogen-bond acceptors (Lipinski definition) is 5. The summed E-state index contributed by atoms with van der Waals surface area (Å²) in [6.07, 6.45) is -0.856. The summed E-state index contributed by atoms with van der Waals surface area (Å²) in [6, 6.07) is -0.419. The minimum absolute atomic E-state index is 0.0336. The molecule has 2 unspecified atom stereocenters. The molecule has 2 N–H and O–H groups in total. The number of sulfone groups is 1. The van der Waals surface area contributed by atoms with Crippen LogP contribution in [-0.2, 0) is 9.84 Å². The molecule has 0 bridgehead atoms. The van der Waals surface area contributed by atoms with Gasteiger partial charge in [0.15, 0.2) is 9.84 Å². The van der Waals surface area contributed by atoms with Crippen molar-refractivity contribution in [2.45, 2.75) is 31.5 Å². The standard InChI is InChI=1S/C9H19NO4S/c1-9(2,6-11)10(3)7-4-15(13,14)5-8(7)12/h7-8,11-12H,4-6H2,1-3H3. The van der Waals surface area contributed by atoms with Gasteiger partial charge in [-0.25, -0.2) is 8.42 Å². The van der Waals surface area contributed by atoms with Gasteiger partial charge in [-0.05, 0) is 20.9 Å². The van der Waals surface area contributed by atoms with E-state index in [9.17, 15) is 13.5 Å². The largest absolute Gasteiger partial charge is 0.394 e. The van der Waals surface area contributed by atoms with Gasteiger partial charge in [0, 0.05) is 5.54 Å². The van der Waals surface area contributed by atoms with Crippen LogP contribution in [-0.4, -0.2) is 66.4 Å². The van der Waals surface area contributed by atoms with E-state index in [4.69, 9.17) is 5.11 Å². The summed E-state index contributed by atoms with van der Waals surface area (Å²) in [5.74, 6) is -0.211. The fourth-order valence-electron chi connectivity index (χ4n) is 1.74. The fourth-order valence-corrected chi connectivity index (χ4v) is 3.59. The molecule has 0 radical (unpaired) electrons. The molecule has 1 aliphatic heterocycles. The molecule has 1 fully saturated rings. The molecule has 90 valence electrons. The average Bonchev–Trinajstić information content (AvgIpc) is 2.38. The van der Waals surface area contributed by atoms with Crippen LogP contribution in [0.25, 0.3) is 0 Å². The molecule has 0 amide bonds. The first kappa shape index (κ1) is 12.9. The van der Waals surface area contributed by atoms with Crippen LogP contribution in [0.4, 0.5) is 0 Å². The maximum Gasteiger partial charge on any atom is 0.154 e. The smallest absolute Gasteiger partial charge is 0.154 e. The Kier molecular flexibility index (Phi) is 3.45. The summed E-state index contributed by atoms with van der Waals surface area (Å²) in [5, 5.41) is 18.8. The van der Waals surface area contributed by atoms with Gasteiger partial charge in [0.25, 0.3) is 0 Å². The van der Waals surface area contributed by atoms with E-state index in [0.29, 0.717) is 0 Å². The fraction of sp³-hybridized carbons (Fsp3) is 1.00. The molecular weight excluding hydrogens is 218 g/mol. The highest BCUT2D eigenvalue weighted by Gasteiger charge is 2.42. The highest BCUT2D eigenvalue weighted by Crippen LogP contribution is 2.23. The highest BCUT2D eigenvalue weighted by atomic mass is 32.2. The van der Waals surface area contributed by atoms with Crippen molar-refractivity contribution in [1.29, 1.82) is 0 Å². The van der Waals surface area contributed by atoms with Crippen LogP contribution in [0.3, 0.4) is 0 Å². The summed E-state index contributed by atoms with van der Waals surface area (Å²) in [6.45, 7) is 3.54. The van der Waals surface area contributed by atoms with E-state index in [1.807, 2.05) is 13.8 Å². The van der Waals surface area contributed by atoms with E-state index in [0.717, 1.165) is 0 Å². The molecule has 5 nitrogen and oxygen atoms in total. The molecule has 0 spiro atoms. The average molecular weight is 237 g/mol. The molecule has 0 aliphatic carbocycles. The van der Waals surface area contributed by atoms with Crippen molar-refractivity contribution in [2.75, 3.05) is 25.2 Å². The molecule has 2 atom stereocenters. The maximum atomic E-state index is 11.3. The minimum Gasteiger partial charge on any atom is -0.394 e. The Morgan fingerprint density at radius 1 is 1.40 bits per heavy atom. The normalized spacial score (nSPS) is 31.1. The number of nitrogens with zero attached hydrogens (tertiary/aromatic N) is 1. The van der Waals surface area contributed by atoms with Crippen LogP contribution >= 0.6 is 0 Å². The van der Waals surface area contributed by atoms with Crippen molar-refractivity contribution in [1.82, 2.24) is 4.90 Å². The summed E-state index contributed by atoms with van der Waals surface area (Å²) >= 11 is 0. The number of aliphatic hydroxyl groups is 2. The third-order valence-electron chi connectivity index (χ3n) is 3.13. The Morgan fingerprint density at radius 3 is 2.27 bits per heavy atom. The highest BCUT2D eigenvalue weighted by molar-refractivity contribution is 7.91. The lowest BCUT2D eigenvalue weighted by Gasteiger charge is -2.39. The Labute approximate surface area is 90.6 Å². The number of rotatable bonds is 3. The monoisotopic (exact) mass is 237 g/mol. The Balaban J connectivity index is 2.82. The van der Waals surface area contributed by atoms with Crippen LogP contribution in [0.1, 0.15) is 13.8 Å². The molecule has 1 aliphatic rings. The summed E-state index contributed by atoms with van der Waals surface area (Å²) in [5.41, 5.74) is -0.522. The Bertz CT molecular complexity index is 325. The lowest BCUT2D eigenvalue weighted by atomic mass is 10.0. The van der Waals surface area contributed by atoms with Crippen LogP contribution in [0.5, 0.6) is 0 Å². The van der Waals surface area contributed by atoms with Gasteiger partial charge in [-0.1, -0.05) is 0 Å². The number of likely N-dealkylation sites (N-methyl/N-ethyl adjacent to an activating group) is 1. The lowest BCUT2D eigenvalue weighted by molar-refractivity contribution is 0.00846. The van der Waals surface area contributed by atoms with Gasteiger partial charge in [0.1, 0.15) is 0 Å². The Hall–Kier alpha value is -0.170. The van der Waals surface area contributed by atoms with Crippen molar-refractivity contribution in [3.8, 4) is 0 Å². The predicted octanol–water partition coefficient (Wildman–Crippen LogP) is -1.15. The quantitative estimate of drug-likeness (QED) is 0.648. The molecule has 0 aromatic carbocycles. The van der Waals surface area contributed by atoms with E-state index < -0.39 is 27.5 Å². The molecule has 15 heavy (non-hydrogen) atoms. The predicted molar refractivity (Wildman–Crippen MR) is 57.4 cm³/mol. The molecular formula is C9H19NO4S.